The highest BCUT2D eigenvalue weighted by atomic mass is 16.5. The van der Waals surface area contributed by atoms with Gasteiger partial charge in [-0.25, -0.2) is 0 Å². The third kappa shape index (κ3) is 1.47. The Morgan fingerprint density at radius 3 is 2.27 bits per heavy atom. The SMILES string of the molecule is COC(=O)C1(C2(O)CCC2)CCOCC1. The fraction of sp³-hybridized carbons (Fsp3) is 0.909. The Morgan fingerprint density at radius 1 is 1.27 bits per heavy atom. The van der Waals surface area contributed by atoms with Crippen molar-refractivity contribution in [3.05, 3.63) is 0 Å². The van der Waals surface area contributed by atoms with E-state index in [0.29, 0.717) is 38.9 Å². The first-order valence-electron chi connectivity index (χ1n) is 5.53. The van der Waals surface area contributed by atoms with Crippen LogP contribution in [-0.2, 0) is 14.3 Å². The minimum Gasteiger partial charge on any atom is -0.469 e. The van der Waals surface area contributed by atoms with Gasteiger partial charge in [-0.05, 0) is 32.1 Å². The zero-order valence-corrected chi connectivity index (χ0v) is 9.12. The Bertz CT molecular complexity index is 251. The van der Waals surface area contributed by atoms with Crippen LogP contribution in [0.4, 0.5) is 0 Å². The highest BCUT2D eigenvalue weighted by molar-refractivity contribution is 5.78. The molecule has 1 aliphatic carbocycles. The van der Waals surface area contributed by atoms with Crippen LogP contribution in [0.25, 0.3) is 0 Å². The summed E-state index contributed by atoms with van der Waals surface area (Å²) in [5.41, 5.74) is -1.55. The van der Waals surface area contributed by atoms with E-state index in [1.54, 1.807) is 0 Å². The van der Waals surface area contributed by atoms with Crippen molar-refractivity contribution in [2.75, 3.05) is 20.3 Å². The molecule has 0 atom stereocenters. The number of esters is 1. The summed E-state index contributed by atoms with van der Waals surface area (Å²) in [6.45, 7) is 1.08. The normalized spacial score (nSPS) is 27.9. The molecule has 0 bridgehead atoms. The summed E-state index contributed by atoms with van der Waals surface area (Å²) >= 11 is 0. The van der Waals surface area contributed by atoms with Crippen molar-refractivity contribution in [2.45, 2.75) is 37.7 Å². The van der Waals surface area contributed by atoms with Gasteiger partial charge in [-0.3, -0.25) is 4.79 Å². The van der Waals surface area contributed by atoms with E-state index in [2.05, 4.69) is 0 Å². The lowest BCUT2D eigenvalue weighted by atomic mass is 9.58. The average Bonchev–Trinajstić information content (AvgIpc) is 2.25. The first-order chi connectivity index (χ1) is 7.15. The van der Waals surface area contributed by atoms with E-state index in [4.69, 9.17) is 9.47 Å². The van der Waals surface area contributed by atoms with Gasteiger partial charge in [-0.2, -0.15) is 0 Å². The maximum Gasteiger partial charge on any atom is 0.314 e. The lowest BCUT2D eigenvalue weighted by Gasteiger charge is -2.52. The molecule has 4 heteroatoms. The van der Waals surface area contributed by atoms with Gasteiger partial charge in [-0.1, -0.05) is 0 Å². The number of hydrogen-bond donors (Lipinski definition) is 1. The largest absolute Gasteiger partial charge is 0.469 e. The Balaban J connectivity index is 2.25. The maximum atomic E-state index is 11.9. The minimum atomic E-state index is -0.843. The van der Waals surface area contributed by atoms with E-state index in [1.165, 1.54) is 7.11 Å². The number of methoxy groups -OCH3 is 1. The van der Waals surface area contributed by atoms with Crippen LogP contribution in [0.3, 0.4) is 0 Å². The van der Waals surface area contributed by atoms with Crippen molar-refractivity contribution in [1.29, 1.82) is 0 Å². The number of carbonyl (C=O) groups excluding carboxylic acids is 1. The first-order valence-corrected chi connectivity index (χ1v) is 5.53. The Labute approximate surface area is 89.6 Å². The van der Waals surface area contributed by atoms with Gasteiger partial charge in [0, 0.05) is 13.2 Å². The molecule has 0 radical (unpaired) electrons. The van der Waals surface area contributed by atoms with Crippen molar-refractivity contribution >= 4 is 5.97 Å². The number of hydrogen-bond acceptors (Lipinski definition) is 4. The first kappa shape index (κ1) is 10.9. The van der Waals surface area contributed by atoms with E-state index in [-0.39, 0.29) is 5.97 Å². The Hall–Kier alpha value is -0.610. The fourth-order valence-electron chi connectivity index (χ4n) is 2.76. The van der Waals surface area contributed by atoms with Crippen LogP contribution < -0.4 is 0 Å². The maximum absolute atomic E-state index is 11.9. The van der Waals surface area contributed by atoms with Gasteiger partial charge in [0.2, 0.25) is 0 Å². The van der Waals surface area contributed by atoms with Crippen LogP contribution in [-0.4, -0.2) is 37.0 Å². The van der Waals surface area contributed by atoms with Crippen LogP contribution in [0.2, 0.25) is 0 Å². The van der Waals surface area contributed by atoms with Crippen molar-refractivity contribution in [3.63, 3.8) is 0 Å². The fourth-order valence-corrected chi connectivity index (χ4v) is 2.76. The molecular weight excluding hydrogens is 196 g/mol. The molecule has 2 fully saturated rings. The van der Waals surface area contributed by atoms with Gasteiger partial charge >= 0.3 is 5.97 Å². The van der Waals surface area contributed by atoms with E-state index in [1.807, 2.05) is 0 Å². The topological polar surface area (TPSA) is 55.8 Å². The van der Waals surface area contributed by atoms with Crippen LogP contribution in [0.1, 0.15) is 32.1 Å². The van der Waals surface area contributed by atoms with Gasteiger partial charge in [0.05, 0.1) is 12.7 Å². The molecular formula is C11H18O4. The van der Waals surface area contributed by atoms with Gasteiger partial charge < -0.3 is 14.6 Å². The monoisotopic (exact) mass is 214 g/mol. The quantitative estimate of drug-likeness (QED) is 0.693. The molecule has 1 saturated carbocycles. The number of carbonyl (C=O) groups is 1. The summed E-state index contributed by atoms with van der Waals surface area (Å²) in [5, 5.41) is 10.4. The third-order valence-corrected chi connectivity index (χ3v) is 3.99. The van der Waals surface area contributed by atoms with Crippen LogP contribution in [0.15, 0.2) is 0 Å². The Morgan fingerprint density at radius 2 is 1.87 bits per heavy atom. The second kappa shape index (κ2) is 3.76. The molecule has 0 amide bonds. The smallest absolute Gasteiger partial charge is 0.314 e. The molecule has 4 nitrogen and oxygen atoms in total. The number of rotatable bonds is 2. The molecule has 1 N–H and O–H groups in total. The van der Waals surface area contributed by atoms with Crippen molar-refractivity contribution in [3.8, 4) is 0 Å². The standard InChI is InChI=1S/C11H18O4/c1-14-9(12)10(5-7-15-8-6-10)11(13)3-2-4-11/h13H,2-8H2,1H3. The zero-order chi connectivity index (χ0) is 10.9. The summed E-state index contributed by atoms with van der Waals surface area (Å²) in [4.78, 5) is 11.9. The molecule has 0 spiro atoms. The van der Waals surface area contributed by atoms with Gasteiger partial charge in [0.15, 0.2) is 0 Å². The molecule has 1 aliphatic heterocycles. The minimum absolute atomic E-state index is 0.270. The van der Waals surface area contributed by atoms with E-state index >= 15 is 0 Å². The predicted octanol–water partition coefficient (Wildman–Crippen LogP) is 0.871. The highest BCUT2D eigenvalue weighted by Gasteiger charge is 2.59. The molecule has 86 valence electrons. The lowest BCUT2D eigenvalue weighted by Crippen LogP contribution is -2.59. The molecule has 0 aromatic rings. The van der Waals surface area contributed by atoms with Gasteiger partial charge in [0.1, 0.15) is 5.41 Å². The second-order valence-electron chi connectivity index (χ2n) is 4.57. The summed E-state index contributed by atoms with van der Waals surface area (Å²) in [5.74, 6) is -0.270. The molecule has 1 heterocycles. The summed E-state index contributed by atoms with van der Waals surface area (Å²) in [7, 11) is 1.39. The van der Waals surface area contributed by atoms with Crippen LogP contribution >= 0.6 is 0 Å². The summed E-state index contributed by atoms with van der Waals surface area (Å²) in [6.07, 6.45) is 3.58. The molecule has 0 aromatic heterocycles. The predicted molar refractivity (Wildman–Crippen MR) is 53.3 cm³/mol. The lowest BCUT2D eigenvalue weighted by molar-refractivity contribution is -0.204. The summed E-state index contributed by atoms with van der Waals surface area (Å²) < 4.78 is 10.1. The average molecular weight is 214 g/mol. The van der Waals surface area contributed by atoms with Gasteiger partial charge in [-0.15, -0.1) is 0 Å². The van der Waals surface area contributed by atoms with Crippen molar-refractivity contribution in [1.82, 2.24) is 0 Å². The second-order valence-corrected chi connectivity index (χ2v) is 4.57. The number of ether oxygens (including phenoxy) is 2. The Kier molecular flexibility index (Phi) is 2.73. The van der Waals surface area contributed by atoms with E-state index < -0.39 is 11.0 Å². The highest BCUT2D eigenvalue weighted by Crippen LogP contribution is 2.52. The van der Waals surface area contributed by atoms with Crippen LogP contribution in [0.5, 0.6) is 0 Å². The van der Waals surface area contributed by atoms with Crippen molar-refractivity contribution < 1.29 is 19.4 Å². The zero-order valence-electron chi connectivity index (χ0n) is 9.12. The number of aliphatic hydroxyl groups is 1. The van der Waals surface area contributed by atoms with E-state index in [9.17, 15) is 9.90 Å². The molecule has 2 rings (SSSR count). The molecule has 15 heavy (non-hydrogen) atoms. The molecule has 2 aliphatic rings. The van der Waals surface area contributed by atoms with Crippen LogP contribution in [0, 0.1) is 5.41 Å². The molecule has 0 aromatic carbocycles. The van der Waals surface area contributed by atoms with Gasteiger partial charge in [0.25, 0.3) is 0 Å². The molecule has 0 unspecified atom stereocenters. The van der Waals surface area contributed by atoms with E-state index in [0.717, 1.165) is 6.42 Å². The van der Waals surface area contributed by atoms with Crippen molar-refractivity contribution in [2.24, 2.45) is 5.41 Å². The third-order valence-electron chi connectivity index (χ3n) is 3.99. The molecule has 1 saturated heterocycles. The summed E-state index contributed by atoms with van der Waals surface area (Å²) in [6, 6.07) is 0.